The highest BCUT2D eigenvalue weighted by molar-refractivity contribution is 6.04. The van der Waals surface area contributed by atoms with Crippen LogP contribution in [0.15, 0.2) is 28.4 Å². The van der Waals surface area contributed by atoms with Gasteiger partial charge in [0.15, 0.2) is 0 Å². The molecule has 0 aromatic heterocycles. The normalized spacial score (nSPS) is 19.9. The topological polar surface area (TPSA) is 50.7 Å². The van der Waals surface area contributed by atoms with E-state index < -0.39 is 17.6 Å². The summed E-state index contributed by atoms with van der Waals surface area (Å²) in [6.45, 7) is 1.78. The van der Waals surface area contributed by atoms with Crippen LogP contribution in [0.5, 0.6) is 0 Å². The summed E-state index contributed by atoms with van der Waals surface area (Å²) in [5.74, 6) is -0.774. The smallest absolute Gasteiger partial charge is 0.385 e. The van der Waals surface area contributed by atoms with E-state index >= 15 is 0 Å². The summed E-state index contributed by atoms with van der Waals surface area (Å²) in [4.78, 5) is 0. The maximum absolute atomic E-state index is 13.3. The quantitative estimate of drug-likeness (QED) is 0.786. The van der Waals surface area contributed by atoms with Crippen LogP contribution in [-0.4, -0.2) is 11.5 Å². The van der Waals surface area contributed by atoms with Crippen LogP contribution in [0.2, 0.25) is 0 Å². The van der Waals surface area contributed by atoms with Gasteiger partial charge in [-0.05, 0) is 18.2 Å². The lowest BCUT2D eigenvalue weighted by atomic mass is 9.96. The number of alkyl halides is 3. The number of benzene rings is 1. The van der Waals surface area contributed by atoms with E-state index in [1.165, 1.54) is 0 Å². The Morgan fingerprint density at radius 2 is 1.89 bits per heavy atom. The lowest BCUT2D eigenvalue weighted by Gasteiger charge is -2.17. The largest absolute Gasteiger partial charge is 0.416 e. The molecular weight excluding hydrogens is 262 g/mol. The van der Waals surface area contributed by atoms with Crippen molar-refractivity contribution in [1.82, 2.24) is 0 Å². The fourth-order valence-electron chi connectivity index (χ4n) is 1.75. The molecule has 1 unspecified atom stereocenters. The van der Waals surface area contributed by atoms with E-state index in [0.29, 0.717) is 24.0 Å². The molecule has 2 rings (SSSR count). The molecule has 1 atom stereocenters. The van der Waals surface area contributed by atoms with Gasteiger partial charge in [0, 0.05) is 17.9 Å². The second-order valence-corrected chi connectivity index (χ2v) is 4.40. The third-order valence-corrected chi connectivity index (χ3v) is 2.85. The maximum Gasteiger partial charge on any atom is 0.416 e. The molecule has 19 heavy (non-hydrogen) atoms. The third-order valence-electron chi connectivity index (χ3n) is 2.85. The monoisotopic (exact) mass is 273 g/mol. The van der Waals surface area contributed by atoms with Crippen molar-refractivity contribution in [1.29, 1.82) is 0 Å². The van der Waals surface area contributed by atoms with Crippen LogP contribution < -0.4 is 5.73 Å². The zero-order valence-electron chi connectivity index (χ0n) is 10.0. The van der Waals surface area contributed by atoms with E-state index in [2.05, 4.69) is 10.2 Å². The van der Waals surface area contributed by atoms with Gasteiger partial charge in [-0.1, -0.05) is 6.92 Å². The first-order valence-electron chi connectivity index (χ1n) is 5.55. The summed E-state index contributed by atoms with van der Waals surface area (Å²) in [6, 6.07) is 2.33. The Balaban J connectivity index is 2.44. The van der Waals surface area contributed by atoms with E-state index in [1.807, 2.05) is 0 Å². The lowest BCUT2D eigenvalue weighted by Crippen LogP contribution is -2.27. The van der Waals surface area contributed by atoms with Gasteiger partial charge in [0.1, 0.15) is 11.7 Å². The fraction of sp³-hybridized carbons (Fsp3) is 0.333. The van der Waals surface area contributed by atoms with Crippen LogP contribution in [0.1, 0.15) is 24.5 Å². The van der Waals surface area contributed by atoms with Gasteiger partial charge in [0.25, 0.3) is 0 Å². The average molecular weight is 273 g/mol. The molecule has 0 amide bonds. The van der Waals surface area contributed by atoms with Crippen molar-refractivity contribution in [3.8, 4) is 0 Å². The summed E-state index contributed by atoms with van der Waals surface area (Å²) >= 11 is 0. The van der Waals surface area contributed by atoms with Crippen molar-refractivity contribution in [3.63, 3.8) is 0 Å². The second-order valence-electron chi connectivity index (χ2n) is 4.40. The van der Waals surface area contributed by atoms with E-state index in [-0.39, 0.29) is 11.5 Å². The minimum absolute atomic E-state index is 0.0791. The van der Waals surface area contributed by atoms with Crippen molar-refractivity contribution in [3.05, 3.63) is 35.1 Å². The molecule has 1 aromatic rings. The highest BCUT2D eigenvalue weighted by Crippen LogP contribution is 2.31. The molecule has 0 aliphatic carbocycles. The van der Waals surface area contributed by atoms with E-state index in [1.54, 1.807) is 6.92 Å². The molecule has 0 fully saturated rings. The zero-order chi connectivity index (χ0) is 14.2. The first kappa shape index (κ1) is 13.5. The molecule has 1 aromatic carbocycles. The first-order chi connectivity index (χ1) is 8.77. The fourth-order valence-corrected chi connectivity index (χ4v) is 1.75. The van der Waals surface area contributed by atoms with Crippen molar-refractivity contribution in [2.45, 2.75) is 19.5 Å². The number of rotatable bonds is 1. The Morgan fingerprint density at radius 1 is 1.21 bits per heavy atom. The molecule has 0 saturated carbocycles. The number of hydrogen-bond donors (Lipinski definition) is 1. The minimum atomic E-state index is -4.60. The molecule has 0 radical (unpaired) electrons. The first-order valence-corrected chi connectivity index (χ1v) is 5.55. The Labute approximate surface area is 106 Å². The molecular formula is C12H11F4N3. The van der Waals surface area contributed by atoms with Gasteiger partial charge in [-0.2, -0.15) is 18.3 Å². The Kier molecular flexibility index (Phi) is 3.30. The Bertz CT molecular complexity index is 561. The van der Waals surface area contributed by atoms with Crippen LogP contribution in [-0.2, 0) is 6.18 Å². The summed E-state index contributed by atoms with van der Waals surface area (Å²) in [6.07, 6.45) is -4.27. The molecule has 1 heterocycles. The van der Waals surface area contributed by atoms with Gasteiger partial charge in [0.05, 0.1) is 11.3 Å². The zero-order valence-corrected chi connectivity index (χ0v) is 10.0. The summed E-state index contributed by atoms with van der Waals surface area (Å²) < 4.78 is 51.1. The number of nitrogens with zero attached hydrogens (tertiary/aromatic N) is 2. The van der Waals surface area contributed by atoms with Gasteiger partial charge < -0.3 is 5.73 Å². The Morgan fingerprint density at radius 3 is 2.47 bits per heavy atom. The van der Waals surface area contributed by atoms with Crippen molar-refractivity contribution in [2.24, 2.45) is 21.9 Å². The van der Waals surface area contributed by atoms with Crippen LogP contribution in [0.3, 0.4) is 0 Å². The third kappa shape index (κ3) is 2.91. The minimum Gasteiger partial charge on any atom is -0.385 e. The van der Waals surface area contributed by atoms with Crippen molar-refractivity contribution in [2.75, 3.05) is 0 Å². The molecule has 0 bridgehead atoms. The molecule has 1 aliphatic heterocycles. The molecule has 1 aliphatic rings. The van der Waals surface area contributed by atoms with Crippen LogP contribution in [0.25, 0.3) is 0 Å². The summed E-state index contributed by atoms with van der Waals surface area (Å²) in [7, 11) is 0. The molecule has 7 heteroatoms. The standard InChI is InChI=1S/C12H11F4N3/c1-6-2-10(18-19-11(6)17)7-3-8(12(14,15)16)5-9(13)4-7/h3-6H,2H2,1H3,(H2,17,19). The second kappa shape index (κ2) is 4.64. The van der Waals surface area contributed by atoms with E-state index in [0.717, 1.165) is 12.1 Å². The molecule has 2 N–H and O–H groups in total. The average Bonchev–Trinajstić information content (AvgIpc) is 2.31. The van der Waals surface area contributed by atoms with Gasteiger partial charge in [0.2, 0.25) is 0 Å². The number of amidine groups is 1. The maximum atomic E-state index is 13.3. The molecule has 102 valence electrons. The predicted octanol–water partition coefficient (Wildman–Crippen LogP) is 2.95. The lowest BCUT2D eigenvalue weighted by molar-refractivity contribution is -0.137. The van der Waals surface area contributed by atoms with Crippen LogP contribution in [0.4, 0.5) is 17.6 Å². The predicted molar refractivity (Wildman–Crippen MR) is 63.3 cm³/mol. The summed E-state index contributed by atoms with van der Waals surface area (Å²) in [5, 5.41) is 7.41. The van der Waals surface area contributed by atoms with Gasteiger partial charge >= 0.3 is 6.18 Å². The number of nitrogens with two attached hydrogens (primary N) is 1. The van der Waals surface area contributed by atoms with Crippen molar-refractivity contribution >= 4 is 11.5 Å². The molecule has 0 spiro atoms. The number of halogens is 4. The Hall–Kier alpha value is -1.92. The van der Waals surface area contributed by atoms with E-state index in [9.17, 15) is 17.6 Å². The highest BCUT2D eigenvalue weighted by atomic mass is 19.4. The number of hydrogen-bond acceptors (Lipinski definition) is 3. The molecule has 3 nitrogen and oxygen atoms in total. The van der Waals surface area contributed by atoms with Gasteiger partial charge in [-0.3, -0.25) is 0 Å². The van der Waals surface area contributed by atoms with E-state index in [4.69, 9.17) is 5.73 Å². The SMILES string of the molecule is CC1CC(c2cc(F)cc(C(F)(F)F)c2)=NN=C1N. The van der Waals surface area contributed by atoms with Crippen LogP contribution >= 0.6 is 0 Å². The van der Waals surface area contributed by atoms with Crippen LogP contribution in [0, 0.1) is 11.7 Å². The van der Waals surface area contributed by atoms with Crippen molar-refractivity contribution < 1.29 is 17.6 Å². The van der Waals surface area contributed by atoms with Gasteiger partial charge in [-0.15, -0.1) is 5.10 Å². The molecule has 0 saturated heterocycles. The highest BCUT2D eigenvalue weighted by Gasteiger charge is 2.32. The van der Waals surface area contributed by atoms with Gasteiger partial charge in [-0.25, -0.2) is 4.39 Å². The summed E-state index contributed by atoms with van der Waals surface area (Å²) in [5.41, 5.74) is 4.87.